The summed E-state index contributed by atoms with van der Waals surface area (Å²) in [6, 6.07) is 10.9. The number of hydrogen-bond donors (Lipinski definition) is 1. The van der Waals surface area contributed by atoms with Gasteiger partial charge in [0.15, 0.2) is 0 Å². The number of likely N-dealkylation sites (N-methyl/N-ethyl adjacent to an activating group) is 1. The van der Waals surface area contributed by atoms with E-state index in [0.717, 1.165) is 10.9 Å². The molecule has 0 aliphatic rings. The van der Waals surface area contributed by atoms with Gasteiger partial charge in [-0.3, -0.25) is 4.98 Å². The Balaban J connectivity index is 2.23. The number of aryl methyl sites for hydroxylation is 1. The van der Waals surface area contributed by atoms with Crippen LogP contribution >= 0.6 is 15.9 Å². The van der Waals surface area contributed by atoms with Gasteiger partial charge in [0.1, 0.15) is 0 Å². The molecule has 0 spiro atoms. The lowest BCUT2D eigenvalue weighted by atomic mass is 9.97. The van der Waals surface area contributed by atoms with Crippen molar-refractivity contribution in [3.63, 3.8) is 0 Å². The van der Waals surface area contributed by atoms with Gasteiger partial charge in [-0.15, -0.1) is 0 Å². The Bertz CT molecular complexity index is 525. The van der Waals surface area contributed by atoms with Crippen LogP contribution in [-0.2, 0) is 6.42 Å². The average molecular weight is 305 g/mol. The molecule has 1 heterocycles. The fourth-order valence-corrected chi connectivity index (χ4v) is 2.59. The van der Waals surface area contributed by atoms with Crippen LogP contribution < -0.4 is 5.32 Å². The Morgan fingerprint density at radius 2 is 2.17 bits per heavy atom. The van der Waals surface area contributed by atoms with Gasteiger partial charge in [0.2, 0.25) is 0 Å². The molecule has 0 amide bonds. The lowest BCUT2D eigenvalue weighted by Crippen LogP contribution is -2.19. The second-order valence-corrected chi connectivity index (χ2v) is 5.32. The van der Waals surface area contributed by atoms with Crippen molar-refractivity contribution < 1.29 is 0 Å². The summed E-state index contributed by atoms with van der Waals surface area (Å²) in [5, 5.41) is 3.38. The third kappa shape index (κ3) is 3.18. The van der Waals surface area contributed by atoms with E-state index >= 15 is 0 Å². The minimum absolute atomic E-state index is 0.322. The summed E-state index contributed by atoms with van der Waals surface area (Å²) in [6.45, 7) is 2.10. The fourth-order valence-electron chi connectivity index (χ4n) is 2.14. The highest BCUT2D eigenvalue weighted by molar-refractivity contribution is 9.10. The average Bonchev–Trinajstić information content (AvgIpc) is 2.37. The highest BCUT2D eigenvalue weighted by Gasteiger charge is 2.12. The summed E-state index contributed by atoms with van der Waals surface area (Å²) in [6.07, 6.45) is 4.74. The monoisotopic (exact) mass is 304 g/mol. The molecule has 1 unspecified atom stereocenters. The Morgan fingerprint density at radius 1 is 1.33 bits per heavy atom. The Kier molecular flexibility index (Phi) is 4.50. The van der Waals surface area contributed by atoms with E-state index in [2.05, 4.69) is 63.5 Å². The van der Waals surface area contributed by atoms with Gasteiger partial charge in [-0.05, 0) is 55.3 Å². The maximum atomic E-state index is 4.15. The number of halogens is 1. The molecule has 0 radical (unpaired) electrons. The first-order valence-electron chi connectivity index (χ1n) is 6.03. The fraction of sp³-hybridized carbons (Fsp3) is 0.267. The Labute approximate surface area is 117 Å². The second-order valence-electron chi connectivity index (χ2n) is 4.41. The smallest absolute Gasteiger partial charge is 0.0362 e. The lowest BCUT2D eigenvalue weighted by Gasteiger charge is -2.18. The molecule has 1 aromatic carbocycles. The Morgan fingerprint density at radius 3 is 2.83 bits per heavy atom. The molecule has 0 fully saturated rings. The van der Waals surface area contributed by atoms with Crippen LogP contribution in [0.2, 0.25) is 0 Å². The molecule has 1 N–H and O–H groups in total. The first kappa shape index (κ1) is 13.2. The van der Waals surface area contributed by atoms with E-state index < -0.39 is 0 Å². The van der Waals surface area contributed by atoms with Gasteiger partial charge in [0.05, 0.1) is 0 Å². The minimum Gasteiger partial charge on any atom is -0.313 e. The molecule has 0 aliphatic carbocycles. The van der Waals surface area contributed by atoms with Crippen molar-refractivity contribution in [3.05, 3.63) is 63.9 Å². The first-order chi connectivity index (χ1) is 8.70. The van der Waals surface area contributed by atoms with Crippen LogP contribution in [-0.4, -0.2) is 12.0 Å². The lowest BCUT2D eigenvalue weighted by molar-refractivity contribution is 0.588. The number of nitrogens with one attached hydrogen (secondary N) is 1. The van der Waals surface area contributed by atoms with Crippen molar-refractivity contribution in [1.29, 1.82) is 0 Å². The largest absolute Gasteiger partial charge is 0.313 e. The van der Waals surface area contributed by atoms with E-state index in [-0.39, 0.29) is 0 Å². The molecule has 0 saturated heterocycles. The second kappa shape index (κ2) is 6.12. The van der Waals surface area contributed by atoms with Crippen molar-refractivity contribution in [1.82, 2.24) is 10.3 Å². The zero-order chi connectivity index (χ0) is 13.0. The van der Waals surface area contributed by atoms with Crippen LogP contribution in [0.15, 0.2) is 47.2 Å². The van der Waals surface area contributed by atoms with Crippen LogP contribution in [0, 0.1) is 6.92 Å². The van der Waals surface area contributed by atoms with Gasteiger partial charge in [0.25, 0.3) is 0 Å². The molecule has 0 bridgehead atoms. The molecule has 18 heavy (non-hydrogen) atoms. The van der Waals surface area contributed by atoms with Crippen molar-refractivity contribution in [2.45, 2.75) is 19.4 Å². The summed E-state index contributed by atoms with van der Waals surface area (Å²) < 4.78 is 1.13. The summed E-state index contributed by atoms with van der Waals surface area (Å²) in [5.41, 5.74) is 3.86. The number of benzene rings is 1. The SMILES string of the molecule is CNC(Cc1cccc(Br)c1)c1ccncc1C. The highest BCUT2D eigenvalue weighted by Crippen LogP contribution is 2.22. The maximum Gasteiger partial charge on any atom is 0.0362 e. The quantitative estimate of drug-likeness (QED) is 0.932. The van der Waals surface area contributed by atoms with Gasteiger partial charge in [-0.1, -0.05) is 28.1 Å². The van der Waals surface area contributed by atoms with Gasteiger partial charge in [0, 0.05) is 22.9 Å². The minimum atomic E-state index is 0.322. The van der Waals surface area contributed by atoms with E-state index in [1.165, 1.54) is 16.7 Å². The van der Waals surface area contributed by atoms with Crippen LogP contribution in [0.4, 0.5) is 0 Å². The molecule has 3 heteroatoms. The normalized spacial score (nSPS) is 12.4. The van der Waals surface area contributed by atoms with E-state index in [9.17, 15) is 0 Å². The zero-order valence-electron chi connectivity index (χ0n) is 10.7. The van der Waals surface area contributed by atoms with Crippen LogP contribution in [0.25, 0.3) is 0 Å². The molecule has 0 aliphatic heterocycles. The predicted octanol–water partition coefficient (Wildman–Crippen LogP) is 3.66. The highest BCUT2D eigenvalue weighted by atomic mass is 79.9. The Hall–Kier alpha value is -1.19. The first-order valence-corrected chi connectivity index (χ1v) is 6.82. The summed E-state index contributed by atoms with van der Waals surface area (Å²) in [4.78, 5) is 4.15. The van der Waals surface area contributed by atoms with Gasteiger partial charge >= 0.3 is 0 Å². The van der Waals surface area contributed by atoms with Gasteiger partial charge in [-0.2, -0.15) is 0 Å². The third-order valence-electron chi connectivity index (χ3n) is 3.12. The molecule has 94 valence electrons. The van der Waals surface area contributed by atoms with Crippen LogP contribution in [0.1, 0.15) is 22.7 Å². The van der Waals surface area contributed by atoms with Crippen molar-refractivity contribution in [3.8, 4) is 0 Å². The molecule has 2 rings (SSSR count). The van der Waals surface area contributed by atoms with Gasteiger partial charge < -0.3 is 5.32 Å². The third-order valence-corrected chi connectivity index (χ3v) is 3.61. The van der Waals surface area contributed by atoms with Gasteiger partial charge in [-0.25, -0.2) is 0 Å². The molecular weight excluding hydrogens is 288 g/mol. The summed E-state index contributed by atoms with van der Waals surface area (Å²) in [5.74, 6) is 0. The van der Waals surface area contributed by atoms with Crippen molar-refractivity contribution in [2.24, 2.45) is 0 Å². The topological polar surface area (TPSA) is 24.9 Å². The van der Waals surface area contributed by atoms with E-state index in [1.807, 2.05) is 19.4 Å². The number of nitrogens with zero attached hydrogens (tertiary/aromatic N) is 1. The molecular formula is C15H17BrN2. The number of aromatic nitrogens is 1. The summed E-state index contributed by atoms with van der Waals surface area (Å²) >= 11 is 3.51. The zero-order valence-corrected chi connectivity index (χ0v) is 12.2. The molecule has 2 aromatic rings. The number of hydrogen-bond acceptors (Lipinski definition) is 2. The molecule has 2 nitrogen and oxygen atoms in total. The van der Waals surface area contributed by atoms with Crippen LogP contribution in [0.5, 0.6) is 0 Å². The predicted molar refractivity (Wildman–Crippen MR) is 78.6 cm³/mol. The van der Waals surface area contributed by atoms with Crippen LogP contribution in [0.3, 0.4) is 0 Å². The van der Waals surface area contributed by atoms with Crippen molar-refractivity contribution >= 4 is 15.9 Å². The van der Waals surface area contributed by atoms with Crippen molar-refractivity contribution in [2.75, 3.05) is 7.05 Å². The molecule has 1 atom stereocenters. The van der Waals surface area contributed by atoms with E-state index in [0.29, 0.717) is 6.04 Å². The van der Waals surface area contributed by atoms with E-state index in [1.54, 1.807) is 0 Å². The molecule has 1 aromatic heterocycles. The van der Waals surface area contributed by atoms with E-state index in [4.69, 9.17) is 0 Å². The maximum absolute atomic E-state index is 4.15. The number of rotatable bonds is 4. The summed E-state index contributed by atoms with van der Waals surface area (Å²) in [7, 11) is 2.00. The number of pyridine rings is 1. The standard InChI is InChI=1S/C15H17BrN2/c1-11-10-18-7-6-14(11)15(17-2)9-12-4-3-5-13(16)8-12/h3-8,10,15,17H,9H2,1-2H3. The molecule has 0 saturated carbocycles.